The normalized spacial score (nSPS) is 25.1. The minimum Gasteiger partial charge on any atom is -0.353 e. The third kappa shape index (κ3) is 4.61. The molecule has 10 heteroatoms. The van der Waals surface area contributed by atoms with Crippen molar-refractivity contribution in [3.05, 3.63) is 58.1 Å². The molecule has 2 aliphatic rings. The summed E-state index contributed by atoms with van der Waals surface area (Å²) in [5, 5.41) is 15.8. The number of nitrogens with one attached hydrogen (secondary N) is 5. The van der Waals surface area contributed by atoms with Crippen LogP contribution in [-0.4, -0.2) is 30.2 Å². The van der Waals surface area contributed by atoms with Gasteiger partial charge in [0.1, 0.15) is 0 Å². The molecule has 31 heavy (non-hydrogen) atoms. The second kappa shape index (κ2) is 8.74. The van der Waals surface area contributed by atoms with Crippen LogP contribution in [-0.2, 0) is 14.4 Å². The van der Waals surface area contributed by atoms with Crippen LogP contribution < -0.4 is 26.6 Å². The Hall–Kier alpha value is -2.81. The first-order chi connectivity index (χ1) is 14.8. The number of carbonyl (C=O) groups is 3. The maximum absolute atomic E-state index is 13.0. The number of halogens is 2. The predicted octanol–water partition coefficient (Wildman–Crippen LogP) is 2.43. The Balaban J connectivity index is 1.49. The Morgan fingerprint density at radius 2 is 1.81 bits per heavy atom. The van der Waals surface area contributed by atoms with Gasteiger partial charge in [0.05, 0.1) is 18.0 Å². The van der Waals surface area contributed by atoms with Gasteiger partial charge in [0.25, 0.3) is 0 Å². The standard InChI is InChI=1S/C21H21Cl2N5O3/c1-10-14(23)3-2-4-15(10)25-19(30)13-9-16(29)26-18-17(13)20(31)28-21(27-18)24-12-7-5-11(22)6-8-12/h2-8,13,17-18,21,24,27H,9H2,1H3,(H,25,30)(H,26,29)(H,28,31). The van der Waals surface area contributed by atoms with Crippen molar-refractivity contribution >= 4 is 52.3 Å². The lowest BCUT2D eigenvalue weighted by Crippen LogP contribution is -2.72. The molecule has 4 rings (SSSR count). The summed E-state index contributed by atoms with van der Waals surface area (Å²) < 4.78 is 0. The van der Waals surface area contributed by atoms with Crippen LogP contribution in [0.4, 0.5) is 11.4 Å². The van der Waals surface area contributed by atoms with Crippen molar-refractivity contribution < 1.29 is 14.4 Å². The van der Waals surface area contributed by atoms with Gasteiger partial charge in [-0.05, 0) is 48.9 Å². The molecule has 0 radical (unpaired) electrons. The molecule has 0 saturated carbocycles. The van der Waals surface area contributed by atoms with Crippen LogP contribution in [0.1, 0.15) is 12.0 Å². The van der Waals surface area contributed by atoms with Gasteiger partial charge in [-0.2, -0.15) is 0 Å². The number of benzene rings is 2. The van der Waals surface area contributed by atoms with E-state index in [0.29, 0.717) is 21.3 Å². The molecule has 2 aromatic rings. The van der Waals surface area contributed by atoms with Crippen molar-refractivity contribution in [3.63, 3.8) is 0 Å². The van der Waals surface area contributed by atoms with Crippen molar-refractivity contribution in [2.45, 2.75) is 25.8 Å². The van der Waals surface area contributed by atoms with E-state index in [1.807, 2.05) is 0 Å². The Morgan fingerprint density at radius 3 is 2.55 bits per heavy atom. The molecular weight excluding hydrogens is 441 g/mol. The predicted molar refractivity (Wildman–Crippen MR) is 118 cm³/mol. The van der Waals surface area contributed by atoms with Crippen molar-refractivity contribution in [2.75, 3.05) is 10.6 Å². The molecule has 0 aromatic heterocycles. The van der Waals surface area contributed by atoms with Gasteiger partial charge < -0.3 is 21.3 Å². The Kier molecular flexibility index (Phi) is 6.04. The zero-order valence-corrected chi connectivity index (χ0v) is 18.1. The smallest absolute Gasteiger partial charge is 0.229 e. The molecule has 2 fully saturated rings. The van der Waals surface area contributed by atoms with Crippen LogP contribution in [0.3, 0.4) is 0 Å². The lowest BCUT2D eigenvalue weighted by Gasteiger charge is -2.43. The molecular formula is C21H21Cl2N5O3. The van der Waals surface area contributed by atoms with Crippen molar-refractivity contribution in [1.29, 1.82) is 0 Å². The van der Waals surface area contributed by atoms with E-state index >= 15 is 0 Å². The van der Waals surface area contributed by atoms with Crippen molar-refractivity contribution in [3.8, 4) is 0 Å². The third-order valence-electron chi connectivity index (χ3n) is 5.47. The molecule has 4 atom stereocenters. The van der Waals surface area contributed by atoms with Crippen molar-refractivity contribution in [1.82, 2.24) is 16.0 Å². The van der Waals surface area contributed by atoms with Crippen LogP contribution in [0.15, 0.2) is 42.5 Å². The number of fused-ring (bicyclic) bond motifs is 1. The van der Waals surface area contributed by atoms with Gasteiger partial charge in [0.15, 0.2) is 6.29 Å². The average Bonchev–Trinajstić information content (AvgIpc) is 2.72. The number of hydrogen-bond donors (Lipinski definition) is 5. The Labute approximate surface area is 189 Å². The summed E-state index contributed by atoms with van der Waals surface area (Å²) in [5.74, 6) is -2.65. The molecule has 2 aliphatic heterocycles. The van der Waals surface area contributed by atoms with Gasteiger partial charge in [-0.1, -0.05) is 29.3 Å². The van der Waals surface area contributed by atoms with E-state index in [1.165, 1.54) is 0 Å². The van der Waals surface area contributed by atoms with Crippen LogP contribution in [0.25, 0.3) is 0 Å². The largest absolute Gasteiger partial charge is 0.353 e. The van der Waals surface area contributed by atoms with Gasteiger partial charge in [0, 0.05) is 27.8 Å². The summed E-state index contributed by atoms with van der Waals surface area (Å²) in [6.45, 7) is 1.79. The van der Waals surface area contributed by atoms with Crippen LogP contribution in [0.2, 0.25) is 10.0 Å². The second-order valence-electron chi connectivity index (χ2n) is 7.54. The minimum absolute atomic E-state index is 0.0863. The Morgan fingerprint density at radius 1 is 1.06 bits per heavy atom. The van der Waals surface area contributed by atoms with Gasteiger partial charge >= 0.3 is 0 Å². The quantitative estimate of drug-likeness (QED) is 0.480. The maximum Gasteiger partial charge on any atom is 0.229 e. The molecule has 5 N–H and O–H groups in total. The topological polar surface area (TPSA) is 111 Å². The summed E-state index contributed by atoms with van der Waals surface area (Å²) in [6, 6.07) is 12.2. The summed E-state index contributed by atoms with van der Waals surface area (Å²) in [7, 11) is 0. The summed E-state index contributed by atoms with van der Waals surface area (Å²) in [4.78, 5) is 38.2. The molecule has 0 aliphatic carbocycles. The molecule has 4 unspecified atom stereocenters. The zero-order chi connectivity index (χ0) is 22.1. The summed E-state index contributed by atoms with van der Waals surface area (Å²) >= 11 is 12.0. The van der Waals surface area contributed by atoms with E-state index in [4.69, 9.17) is 23.2 Å². The summed E-state index contributed by atoms with van der Waals surface area (Å²) in [6.07, 6.45) is -1.42. The number of anilines is 2. The highest BCUT2D eigenvalue weighted by molar-refractivity contribution is 6.31. The molecule has 0 bridgehead atoms. The van der Waals surface area contributed by atoms with E-state index in [1.54, 1.807) is 49.4 Å². The van der Waals surface area contributed by atoms with E-state index in [0.717, 1.165) is 5.69 Å². The minimum atomic E-state index is -0.832. The van der Waals surface area contributed by atoms with Crippen LogP contribution in [0.5, 0.6) is 0 Å². The number of amides is 3. The molecule has 2 saturated heterocycles. The first kappa shape index (κ1) is 21.4. The summed E-state index contributed by atoms with van der Waals surface area (Å²) in [5.41, 5.74) is 1.99. The maximum atomic E-state index is 13.0. The molecule has 0 spiro atoms. The number of carbonyl (C=O) groups excluding carboxylic acids is 3. The van der Waals surface area contributed by atoms with Gasteiger partial charge in [-0.15, -0.1) is 0 Å². The van der Waals surface area contributed by atoms with Gasteiger partial charge in [-0.3, -0.25) is 19.7 Å². The molecule has 2 heterocycles. The molecule has 3 amide bonds. The van der Waals surface area contributed by atoms with Crippen LogP contribution in [0, 0.1) is 18.8 Å². The van der Waals surface area contributed by atoms with E-state index < -0.39 is 30.2 Å². The second-order valence-corrected chi connectivity index (χ2v) is 8.39. The Bertz CT molecular complexity index is 1030. The highest BCUT2D eigenvalue weighted by Crippen LogP contribution is 2.30. The van der Waals surface area contributed by atoms with Crippen molar-refractivity contribution in [2.24, 2.45) is 11.8 Å². The number of piperidine rings is 1. The van der Waals surface area contributed by atoms with Gasteiger partial charge in [0.2, 0.25) is 17.7 Å². The van der Waals surface area contributed by atoms with E-state index in [-0.39, 0.29) is 18.2 Å². The average molecular weight is 462 g/mol. The number of hydrogen-bond acceptors (Lipinski definition) is 5. The zero-order valence-electron chi connectivity index (χ0n) is 16.5. The molecule has 8 nitrogen and oxygen atoms in total. The lowest BCUT2D eigenvalue weighted by molar-refractivity contribution is -0.144. The lowest BCUT2D eigenvalue weighted by atomic mass is 9.81. The fourth-order valence-corrected chi connectivity index (χ4v) is 4.14. The SMILES string of the molecule is Cc1c(Cl)cccc1NC(=O)C1CC(=O)NC2NC(Nc3ccc(Cl)cc3)NC(=O)C21. The van der Waals surface area contributed by atoms with Gasteiger partial charge in [-0.25, -0.2) is 0 Å². The fraction of sp³-hybridized carbons (Fsp3) is 0.286. The molecule has 2 aromatic carbocycles. The third-order valence-corrected chi connectivity index (χ3v) is 6.13. The van der Waals surface area contributed by atoms with Crippen LogP contribution >= 0.6 is 23.2 Å². The fourth-order valence-electron chi connectivity index (χ4n) is 3.83. The van der Waals surface area contributed by atoms with E-state index in [9.17, 15) is 14.4 Å². The number of rotatable bonds is 4. The highest BCUT2D eigenvalue weighted by Gasteiger charge is 2.48. The monoisotopic (exact) mass is 461 g/mol. The molecule has 162 valence electrons. The highest BCUT2D eigenvalue weighted by atomic mass is 35.5. The first-order valence-electron chi connectivity index (χ1n) is 9.75. The van der Waals surface area contributed by atoms with E-state index in [2.05, 4.69) is 26.6 Å². The first-order valence-corrected chi connectivity index (χ1v) is 10.5.